The van der Waals surface area contributed by atoms with Gasteiger partial charge in [0.15, 0.2) is 0 Å². The predicted octanol–water partition coefficient (Wildman–Crippen LogP) is 3.34. The van der Waals surface area contributed by atoms with Crippen molar-refractivity contribution >= 4 is 27.3 Å². The average molecular weight is 346 g/mol. The number of nitrogens with one attached hydrogen (secondary N) is 1. The van der Waals surface area contributed by atoms with Crippen molar-refractivity contribution in [1.29, 1.82) is 0 Å². The summed E-state index contributed by atoms with van der Waals surface area (Å²) < 4.78 is 24.7. The van der Waals surface area contributed by atoms with E-state index in [1.54, 1.807) is 31.2 Å². The fraction of sp³-hybridized carbons (Fsp3) is 0.278. The van der Waals surface area contributed by atoms with Crippen LogP contribution in [0.25, 0.3) is 0 Å². The van der Waals surface area contributed by atoms with Crippen molar-refractivity contribution in [3.8, 4) is 0 Å². The van der Waals surface area contributed by atoms with Crippen LogP contribution < -0.4 is 9.62 Å². The smallest absolute Gasteiger partial charge is 0.255 e. The van der Waals surface area contributed by atoms with Gasteiger partial charge in [0.2, 0.25) is 10.0 Å². The fourth-order valence-corrected chi connectivity index (χ4v) is 3.38. The first kappa shape index (κ1) is 18.0. The zero-order chi connectivity index (χ0) is 17.9. The molecule has 0 radical (unpaired) electrons. The van der Waals surface area contributed by atoms with Crippen molar-refractivity contribution in [2.24, 2.45) is 0 Å². The average Bonchev–Trinajstić information content (AvgIpc) is 2.51. The Morgan fingerprint density at radius 3 is 2.17 bits per heavy atom. The molecular weight excluding hydrogens is 324 g/mol. The monoisotopic (exact) mass is 346 g/mol. The van der Waals surface area contributed by atoms with Crippen LogP contribution in [0, 0.1) is 13.8 Å². The van der Waals surface area contributed by atoms with E-state index in [2.05, 4.69) is 5.32 Å². The lowest BCUT2D eigenvalue weighted by Crippen LogP contribution is -2.29. The molecule has 0 aliphatic rings. The van der Waals surface area contributed by atoms with E-state index in [0.717, 1.165) is 23.1 Å². The van der Waals surface area contributed by atoms with E-state index in [1.165, 1.54) is 4.31 Å². The topological polar surface area (TPSA) is 66.5 Å². The normalized spacial score (nSPS) is 11.2. The number of benzene rings is 2. The molecule has 2 rings (SSSR count). The second kappa shape index (κ2) is 7.05. The van der Waals surface area contributed by atoms with Crippen molar-refractivity contribution < 1.29 is 13.2 Å². The zero-order valence-corrected chi connectivity index (χ0v) is 15.1. The maximum atomic E-state index is 12.3. The number of aryl methyl sites for hydroxylation is 2. The fourth-order valence-electron chi connectivity index (χ4n) is 2.41. The van der Waals surface area contributed by atoms with E-state index in [-0.39, 0.29) is 5.91 Å². The maximum absolute atomic E-state index is 12.3. The van der Waals surface area contributed by atoms with Gasteiger partial charge in [-0.1, -0.05) is 6.07 Å². The van der Waals surface area contributed by atoms with Crippen LogP contribution in [0.3, 0.4) is 0 Å². The summed E-state index contributed by atoms with van der Waals surface area (Å²) in [4.78, 5) is 12.3. The highest BCUT2D eigenvalue weighted by molar-refractivity contribution is 7.92. The molecule has 0 bridgehead atoms. The lowest BCUT2D eigenvalue weighted by Gasteiger charge is -2.20. The molecule has 2 aromatic rings. The molecule has 0 heterocycles. The molecule has 0 atom stereocenters. The van der Waals surface area contributed by atoms with Gasteiger partial charge in [-0.2, -0.15) is 0 Å². The highest BCUT2D eigenvalue weighted by Gasteiger charge is 2.15. The van der Waals surface area contributed by atoms with Crippen LogP contribution in [-0.2, 0) is 10.0 Å². The molecule has 1 amide bonds. The van der Waals surface area contributed by atoms with E-state index >= 15 is 0 Å². The maximum Gasteiger partial charge on any atom is 0.255 e. The van der Waals surface area contributed by atoms with Gasteiger partial charge in [-0.25, -0.2) is 8.42 Å². The largest absolute Gasteiger partial charge is 0.322 e. The van der Waals surface area contributed by atoms with Gasteiger partial charge in [0.1, 0.15) is 0 Å². The van der Waals surface area contributed by atoms with Crippen molar-refractivity contribution in [3.05, 3.63) is 59.2 Å². The predicted molar refractivity (Wildman–Crippen MR) is 98.2 cm³/mol. The Bertz CT molecular complexity index is 843. The molecule has 0 aliphatic carbocycles. The van der Waals surface area contributed by atoms with E-state index in [4.69, 9.17) is 0 Å². The van der Waals surface area contributed by atoms with E-state index in [9.17, 15) is 13.2 Å². The van der Waals surface area contributed by atoms with Crippen LogP contribution in [0.5, 0.6) is 0 Å². The third-order valence-electron chi connectivity index (χ3n) is 3.87. The summed E-state index contributed by atoms with van der Waals surface area (Å²) in [7, 11) is -3.33. The van der Waals surface area contributed by atoms with Gasteiger partial charge < -0.3 is 5.32 Å². The number of carbonyl (C=O) groups is 1. The summed E-state index contributed by atoms with van der Waals surface area (Å²) in [6.07, 6.45) is 1.16. The number of hydrogen-bond donors (Lipinski definition) is 1. The highest BCUT2D eigenvalue weighted by Crippen LogP contribution is 2.19. The van der Waals surface area contributed by atoms with Gasteiger partial charge in [-0.3, -0.25) is 9.10 Å². The van der Waals surface area contributed by atoms with E-state index in [0.29, 0.717) is 17.8 Å². The summed E-state index contributed by atoms with van der Waals surface area (Å²) >= 11 is 0. The lowest BCUT2D eigenvalue weighted by molar-refractivity contribution is 0.102. The number of hydrogen-bond acceptors (Lipinski definition) is 3. The molecule has 0 saturated carbocycles. The number of sulfonamides is 1. The molecule has 24 heavy (non-hydrogen) atoms. The number of anilines is 2. The van der Waals surface area contributed by atoms with Gasteiger partial charge in [-0.05, 0) is 68.3 Å². The van der Waals surface area contributed by atoms with Gasteiger partial charge in [0.25, 0.3) is 5.91 Å². The Balaban J connectivity index is 2.18. The number of amides is 1. The minimum absolute atomic E-state index is 0.229. The Hall–Kier alpha value is -2.34. The molecule has 1 N–H and O–H groups in total. The molecular formula is C18H22N2O3S. The highest BCUT2D eigenvalue weighted by atomic mass is 32.2. The molecule has 128 valence electrons. The molecule has 2 aromatic carbocycles. The first-order valence-corrected chi connectivity index (χ1v) is 9.53. The van der Waals surface area contributed by atoms with Crippen LogP contribution in [0.15, 0.2) is 42.5 Å². The van der Waals surface area contributed by atoms with Crippen molar-refractivity contribution in [2.75, 3.05) is 22.4 Å². The quantitative estimate of drug-likeness (QED) is 0.903. The van der Waals surface area contributed by atoms with Crippen LogP contribution in [0.1, 0.15) is 28.4 Å². The number of carbonyl (C=O) groups excluding carboxylic acids is 1. The minimum Gasteiger partial charge on any atom is -0.322 e. The minimum atomic E-state index is -3.33. The van der Waals surface area contributed by atoms with Crippen molar-refractivity contribution in [1.82, 2.24) is 0 Å². The Morgan fingerprint density at radius 2 is 1.67 bits per heavy atom. The zero-order valence-electron chi connectivity index (χ0n) is 14.3. The molecule has 0 spiro atoms. The molecule has 5 nitrogen and oxygen atoms in total. The molecule has 0 fully saturated rings. The molecule has 0 unspecified atom stereocenters. The summed E-state index contributed by atoms with van der Waals surface area (Å²) in [6.45, 7) is 6.11. The third kappa shape index (κ3) is 4.14. The second-order valence-electron chi connectivity index (χ2n) is 5.73. The lowest BCUT2D eigenvalue weighted by atomic mass is 10.1. The van der Waals surface area contributed by atoms with Gasteiger partial charge >= 0.3 is 0 Å². The van der Waals surface area contributed by atoms with Gasteiger partial charge in [0, 0.05) is 17.8 Å². The van der Waals surface area contributed by atoms with Crippen LogP contribution >= 0.6 is 0 Å². The molecule has 6 heteroatoms. The first-order valence-electron chi connectivity index (χ1n) is 7.68. The summed E-state index contributed by atoms with van der Waals surface area (Å²) in [5.74, 6) is -0.229. The summed E-state index contributed by atoms with van der Waals surface area (Å²) in [5, 5.41) is 2.85. The summed E-state index contributed by atoms with van der Waals surface area (Å²) in [5.41, 5.74) is 4.02. The van der Waals surface area contributed by atoms with E-state index < -0.39 is 10.0 Å². The standard InChI is InChI=1S/C18H22N2O3S/c1-5-20(24(4,22)23)17-10-7-15(8-11-17)18(21)19-16-9-6-13(2)14(3)12-16/h6-12H,5H2,1-4H3,(H,19,21). The Kier molecular flexibility index (Phi) is 5.29. The first-order chi connectivity index (χ1) is 11.2. The second-order valence-corrected chi connectivity index (χ2v) is 7.63. The molecule has 0 aliphatic heterocycles. The number of nitrogens with zero attached hydrogens (tertiary/aromatic N) is 1. The van der Waals surface area contributed by atoms with Gasteiger partial charge in [-0.15, -0.1) is 0 Å². The molecule has 0 aromatic heterocycles. The SMILES string of the molecule is CCN(c1ccc(C(=O)Nc2ccc(C)c(C)c2)cc1)S(C)(=O)=O. The van der Waals surface area contributed by atoms with Crippen LogP contribution in [0.4, 0.5) is 11.4 Å². The Labute approximate surface area is 143 Å². The summed E-state index contributed by atoms with van der Waals surface area (Å²) in [6, 6.07) is 12.3. The Morgan fingerprint density at radius 1 is 1.04 bits per heavy atom. The number of rotatable bonds is 5. The van der Waals surface area contributed by atoms with Crippen molar-refractivity contribution in [3.63, 3.8) is 0 Å². The van der Waals surface area contributed by atoms with Crippen LogP contribution in [-0.4, -0.2) is 27.1 Å². The third-order valence-corrected chi connectivity index (χ3v) is 5.14. The van der Waals surface area contributed by atoms with Gasteiger partial charge in [0.05, 0.1) is 11.9 Å². The van der Waals surface area contributed by atoms with Crippen molar-refractivity contribution in [2.45, 2.75) is 20.8 Å². The van der Waals surface area contributed by atoms with E-state index in [1.807, 2.05) is 32.0 Å². The van der Waals surface area contributed by atoms with Crippen LogP contribution in [0.2, 0.25) is 0 Å². The molecule has 0 saturated heterocycles.